The fourth-order valence-electron chi connectivity index (χ4n) is 1.77. The molecule has 2 aromatic rings. The monoisotopic (exact) mass is 271 g/mol. The van der Waals surface area contributed by atoms with E-state index in [-0.39, 0.29) is 6.04 Å². The van der Waals surface area contributed by atoms with E-state index in [0.29, 0.717) is 5.02 Å². The molecule has 0 saturated carbocycles. The molecule has 17 heavy (non-hydrogen) atoms. The van der Waals surface area contributed by atoms with E-state index < -0.39 is 0 Å². The van der Waals surface area contributed by atoms with E-state index in [1.165, 1.54) is 11.5 Å². The molecule has 0 amide bonds. The number of nitrogens with zero attached hydrogens (tertiary/aromatic N) is 4. The van der Waals surface area contributed by atoms with E-state index >= 15 is 0 Å². The van der Waals surface area contributed by atoms with E-state index in [1.54, 1.807) is 6.20 Å². The number of nitrogens with one attached hydrogen (secondary N) is 1. The molecule has 5 nitrogen and oxygen atoms in total. The van der Waals surface area contributed by atoms with Crippen LogP contribution in [-0.4, -0.2) is 26.4 Å². The Kier molecular flexibility index (Phi) is 4.09. The van der Waals surface area contributed by atoms with Gasteiger partial charge in [0.15, 0.2) is 0 Å². The molecular weight excluding hydrogens is 258 g/mol. The maximum absolute atomic E-state index is 6.20. The van der Waals surface area contributed by atoms with Gasteiger partial charge in [-0.1, -0.05) is 23.0 Å². The second kappa shape index (κ2) is 5.57. The van der Waals surface area contributed by atoms with Gasteiger partial charge in [-0.15, -0.1) is 5.10 Å². The van der Waals surface area contributed by atoms with Gasteiger partial charge in [0.05, 0.1) is 28.6 Å². The predicted molar refractivity (Wildman–Crippen MR) is 68.3 cm³/mol. The molecule has 0 fully saturated rings. The molecule has 1 unspecified atom stereocenters. The van der Waals surface area contributed by atoms with Gasteiger partial charge in [0.1, 0.15) is 0 Å². The molecule has 0 bridgehead atoms. The third kappa shape index (κ3) is 2.48. The molecule has 0 saturated heterocycles. The Morgan fingerprint density at radius 2 is 2.41 bits per heavy atom. The third-order valence-electron chi connectivity index (χ3n) is 2.50. The average molecular weight is 272 g/mol. The minimum Gasteiger partial charge on any atom is -0.307 e. The Hall–Kier alpha value is -0.980. The Morgan fingerprint density at radius 1 is 1.59 bits per heavy atom. The SMILES string of the molecule is CCCn1ncc(Cl)c1C(NC)c1csnn1. The van der Waals surface area contributed by atoms with E-state index in [0.717, 1.165) is 24.4 Å². The van der Waals surface area contributed by atoms with Crippen molar-refractivity contribution in [3.05, 3.63) is 28.0 Å². The summed E-state index contributed by atoms with van der Waals surface area (Å²) in [7, 11) is 1.88. The fourth-order valence-corrected chi connectivity index (χ4v) is 2.50. The molecule has 0 spiro atoms. The third-order valence-corrected chi connectivity index (χ3v) is 3.32. The van der Waals surface area contributed by atoms with Gasteiger partial charge >= 0.3 is 0 Å². The highest BCUT2D eigenvalue weighted by Gasteiger charge is 2.22. The summed E-state index contributed by atoms with van der Waals surface area (Å²) < 4.78 is 5.80. The summed E-state index contributed by atoms with van der Waals surface area (Å²) in [4.78, 5) is 0. The zero-order valence-electron chi connectivity index (χ0n) is 9.72. The first-order valence-corrected chi connectivity index (χ1v) is 6.64. The first kappa shape index (κ1) is 12.5. The lowest BCUT2D eigenvalue weighted by atomic mass is 10.1. The van der Waals surface area contributed by atoms with Gasteiger partial charge in [0.2, 0.25) is 0 Å². The standard InChI is InChI=1S/C10H14ClN5S/c1-3-4-16-10(7(11)5-13-16)9(12-2)8-6-17-15-14-8/h5-6,9,12H,3-4H2,1-2H3. The smallest absolute Gasteiger partial charge is 0.0986 e. The molecule has 2 rings (SSSR count). The minimum absolute atomic E-state index is 0.0599. The van der Waals surface area contributed by atoms with E-state index in [1.807, 2.05) is 17.1 Å². The van der Waals surface area contributed by atoms with Crippen LogP contribution in [0.15, 0.2) is 11.6 Å². The van der Waals surface area contributed by atoms with Crippen LogP contribution in [0.25, 0.3) is 0 Å². The summed E-state index contributed by atoms with van der Waals surface area (Å²) in [6, 6.07) is -0.0599. The topological polar surface area (TPSA) is 55.6 Å². The van der Waals surface area contributed by atoms with Crippen molar-refractivity contribution in [2.75, 3.05) is 7.05 Å². The van der Waals surface area contributed by atoms with Crippen molar-refractivity contribution in [3.8, 4) is 0 Å². The highest BCUT2D eigenvalue weighted by molar-refractivity contribution is 7.03. The number of rotatable bonds is 5. The lowest BCUT2D eigenvalue weighted by molar-refractivity contribution is 0.529. The lowest BCUT2D eigenvalue weighted by Gasteiger charge is -2.16. The van der Waals surface area contributed by atoms with Crippen molar-refractivity contribution in [1.29, 1.82) is 0 Å². The molecule has 7 heteroatoms. The zero-order chi connectivity index (χ0) is 12.3. The van der Waals surface area contributed by atoms with Crippen molar-refractivity contribution < 1.29 is 0 Å². The van der Waals surface area contributed by atoms with Crippen molar-refractivity contribution in [2.24, 2.45) is 0 Å². The number of hydrogen-bond donors (Lipinski definition) is 1. The molecule has 2 heterocycles. The van der Waals surface area contributed by atoms with Crippen LogP contribution in [0.1, 0.15) is 30.8 Å². The van der Waals surface area contributed by atoms with Gasteiger partial charge in [-0.05, 0) is 25.0 Å². The predicted octanol–water partition coefficient (Wildman–Crippen LogP) is 2.11. The van der Waals surface area contributed by atoms with Gasteiger partial charge in [-0.2, -0.15) is 5.10 Å². The van der Waals surface area contributed by atoms with Gasteiger partial charge in [0.25, 0.3) is 0 Å². The highest BCUT2D eigenvalue weighted by atomic mass is 35.5. The fraction of sp³-hybridized carbons (Fsp3) is 0.500. The molecule has 1 N–H and O–H groups in total. The van der Waals surface area contributed by atoms with E-state index in [9.17, 15) is 0 Å². The minimum atomic E-state index is -0.0599. The van der Waals surface area contributed by atoms with Gasteiger partial charge in [-0.25, -0.2) is 0 Å². The Balaban J connectivity index is 2.39. The van der Waals surface area contributed by atoms with Crippen LogP contribution < -0.4 is 5.32 Å². The second-order valence-corrected chi connectivity index (χ2v) is 4.67. The van der Waals surface area contributed by atoms with Crippen LogP contribution in [0, 0.1) is 0 Å². The molecule has 0 radical (unpaired) electrons. The maximum atomic E-state index is 6.20. The van der Waals surface area contributed by atoms with Gasteiger partial charge in [-0.3, -0.25) is 4.68 Å². The molecule has 0 aliphatic heterocycles. The summed E-state index contributed by atoms with van der Waals surface area (Å²) in [6.07, 6.45) is 2.69. The van der Waals surface area contributed by atoms with Crippen LogP contribution in [-0.2, 0) is 6.54 Å². The molecule has 0 aliphatic rings. The summed E-state index contributed by atoms with van der Waals surface area (Å²) >= 11 is 7.53. The van der Waals surface area contributed by atoms with Gasteiger partial charge in [0, 0.05) is 11.9 Å². The summed E-state index contributed by atoms with van der Waals surface area (Å²) in [5.41, 5.74) is 1.82. The maximum Gasteiger partial charge on any atom is 0.0986 e. The molecule has 2 aromatic heterocycles. The largest absolute Gasteiger partial charge is 0.307 e. The first-order valence-electron chi connectivity index (χ1n) is 5.43. The van der Waals surface area contributed by atoms with E-state index in [4.69, 9.17) is 11.6 Å². The molecule has 1 atom stereocenters. The number of aryl methyl sites for hydroxylation is 1. The number of hydrogen-bond acceptors (Lipinski definition) is 5. The Bertz CT molecular complexity index is 467. The number of aromatic nitrogens is 4. The van der Waals surface area contributed by atoms with Crippen molar-refractivity contribution in [2.45, 2.75) is 25.9 Å². The van der Waals surface area contributed by atoms with Crippen molar-refractivity contribution >= 4 is 23.1 Å². The highest BCUT2D eigenvalue weighted by Crippen LogP contribution is 2.27. The van der Waals surface area contributed by atoms with Crippen molar-refractivity contribution in [3.63, 3.8) is 0 Å². The van der Waals surface area contributed by atoms with Crippen molar-refractivity contribution in [1.82, 2.24) is 24.7 Å². The Labute approximate surface area is 109 Å². The average Bonchev–Trinajstić information content (AvgIpc) is 2.94. The number of halogens is 1. The molecular formula is C10H14ClN5S. The summed E-state index contributed by atoms with van der Waals surface area (Å²) in [5.74, 6) is 0. The first-order chi connectivity index (χ1) is 8.27. The second-order valence-electron chi connectivity index (χ2n) is 3.65. The van der Waals surface area contributed by atoms with Gasteiger partial charge < -0.3 is 5.32 Å². The molecule has 0 aromatic carbocycles. The van der Waals surface area contributed by atoms with Crippen LogP contribution >= 0.6 is 23.1 Å². The summed E-state index contributed by atoms with van der Waals surface area (Å²) in [6.45, 7) is 2.95. The van der Waals surface area contributed by atoms with Crippen LogP contribution in [0.4, 0.5) is 0 Å². The Morgan fingerprint density at radius 3 is 3.00 bits per heavy atom. The molecule has 0 aliphatic carbocycles. The molecule has 92 valence electrons. The lowest BCUT2D eigenvalue weighted by Crippen LogP contribution is -2.22. The summed E-state index contributed by atoms with van der Waals surface area (Å²) in [5, 5.41) is 14.2. The normalized spacial score (nSPS) is 12.9. The van der Waals surface area contributed by atoms with Crippen LogP contribution in [0.5, 0.6) is 0 Å². The quantitative estimate of drug-likeness (QED) is 0.905. The van der Waals surface area contributed by atoms with Crippen LogP contribution in [0.3, 0.4) is 0 Å². The van der Waals surface area contributed by atoms with Crippen LogP contribution in [0.2, 0.25) is 5.02 Å². The zero-order valence-corrected chi connectivity index (χ0v) is 11.3. The van der Waals surface area contributed by atoms with E-state index in [2.05, 4.69) is 26.9 Å².